The first-order valence-corrected chi connectivity index (χ1v) is 10.8. The molecule has 3 amide bonds. The second-order valence-corrected chi connectivity index (χ2v) is 7.87. The van der Waals surface area contributed by atoms with E-state index in [1.165, 1.54) is 28.0 Å². The van der Waals surface area contributed by atoms with Crippen LogP contribution in [-0.2, 0) is 28.6 Å². The number of allylic oxidation sites excluding steroid dienone is 1. The number of hydrogen-bond donors (Lipinski definition) is 1. The summed E-state index contributed by atoms with van der Waals surface area (Å²) >= 11 is 0. The molecule has 3 aliphatic rings. The van der Waals surface area contributed by atoms with Crippen molar-refractivity contribution in [1.29, 1.82) is 0 Å². The van der Waals surface area contributed by atoms with Crippen molar-refractivity contribution in [2.24, 2.45) is 0 Å². The van der Waals surface area contributed by atoms with E-state index in [4.69, 9.17) is 18.7 Å². The number of nitrogens with zero attached hydrogens (tertiary/aromatic N) is 3. The highest BCUT2D eigenvalue weighted by Crippen LogP contribution is 2.35. The minimum absolute atomic E-state index is 0.0180. The zero-order chi connectivity index (χ0) is 25.1. The third-order valence-corrected chi connectivity index (χ3v) is 5.56. The molecule has 0 aliphatic carbocycles. The molecule has 0 aromatic carbocycles. The van der Waals surface area contributed by atoms with Gasteiger partial charge in [-0.25, -0.2) is 9.59 Å². The van der Waals surface area contributed by atoms with Gasteiger partial charge in [-0.05, 0) is 19.4 Å². The predicted octanol–water partition coefficient (Wildman–Crippen LogP) is 1.11. The number of esters is 1. The van der Waals surface area contributed by atoms with Crippen molar-refractivity contribution < 1.29 is 37.9 Å². The second kappa shape index (κ2) is 9.87. The first-order chi connectivity index (χ1) is 16.8. The maximum Gasteiger partial charge on any atom is 0.408 e. The molecule has 35 heavy (non-hydrogen) atoms. The van der Waals surface area contributed by atoms with Gasteiger partial charge in [-0.1, -0.05) is 30.5 Å². The number of aromatic nitrogens is 1. The van der Waals surface area contributed by atoms with E-state index in [1.807, 2.05) is 0 Å². The lowest BCUT2D eigenvalue weighted by atomic mass is 9.92. The summed E-state index contributed by atoms with van der Waals surface area (Å²) in [5, 5.41) is 6.33. The molecule has 1 N–H and O–H groups in total. The Hall–Kier alpha value is -4.35. The molecule has 0 saturated carbocycles. The van der Waals surface area contributed by atoms with Crippen molar-refractivity contribution in [2.75, 3.05) is 31.3 Å². The van der Waals surface area contributed by atoms with Gasteiger partial charge in [0.25, 0.3) is 11.8 Å². The zero-order valence-corrected chi connectivity index (χ0v) is 19.0. The maximum atomic E-state index is 12.9. The number of rotatable bonds is 8. The number of anilines is 1. The fourth-order valence-corrected chi connectivity index (χ4v) is 3.93. The van der Waals surface area contributed by atoms with Crippen molar-refractivity contribution >= 4 is 29.7 Å². The molecule has 2 saturated heterocycles. The van der Waals surface area contributed by atoms with Gasteiger partial charge in [-0.15, -0.1) is 0 Å². The molecule has 0 unspecified atom stereocenters. The van der Waals surface area contributed by atoms with E-state index in [9.17, 15) is 19.2 Å². The Labute approximate surface area is 200 Å². The van der Waals surface area contributed by atoms with Crippen molar-refractivity contribution in [2.45, 2.75) is 25.4 Å². The molecule has 0 spiro atoms. The van der Waals surface area contributed by atoms with E-state index in [0.717, 1.165) is 0 Å². The number of nitrogens with one attached hydrogen (secondary N) is 1. The lowest BCUT2D eigenvalue weighted by molar-refractivity contribution is -0.160. The van der Waals surface area contributed by atoms with Crippen molar-refractivity contribution in [3.05, 3.63) is 60.2 Å². The topological polar surface area (TPSA) is 141 Å². The van der Waals surface area contributed by atoms with Gasteiger partial charge in [0.05, 0.1) is 0 Å². The number of hydrogen-bond acceptors (Lipinski definition) is 9. The smallest absolute Gasteiger partial charge is 0.408 e. The molecule has 12 nitrogen and oxygen atoms in total. The van der Waals surface area contributed by atoms with Crippen LogP contribution in [0.15, 0.2) is 59.0 Å². The van der Waals surface area contributed by atoms with Crippen molar-refractivity contribution in [3.63, 3.8) is 0 Å². The first-order valence-electron chi connectivity index (χ1n) is 10.8. The van der Waals surface area contributed by atoms with Crippen LogP contribution in [0.4, 0.5) is 10.6 Å². The Morgan fingerprint density at radius 1 is 1.26 bits per heavy atom. The van der Waals surface area contributed by atoms with Gasteiger partial charge in [-0.3, -0.25) is 19.4 Å². The average molecular weight is 484 g/mol. The van der Waals surface area contributed by atoms with Crippen LogP contribution >= 0.6 is 0 Å². The summed E-state index contributed by atoms with van der Waals surface area (Å²) in [5.41, 5.74) is 0.213. The Kier molecular flexibility index (Phi) is 6.71. The van der Waals surface area contributed by atoms with Crippen molar-refractivity contribution in [3.8, 4) is 0 Å². The molecule has 3 aliphatic heterocycles. The largest absolute Gasteiger partial charge is 0.489 e. The highest BCUT2D eigenvalue weighted by Gasteiger charge is 2.55. The molecule has 4 rings (SSSR count). The van der Waals surface area contributed by atoms with E-state index < -0.39 is 30.1 Å². The summed E-state index contributed by atoms with van der Waals surface area (Å²) in [6.45, 7) is 8.92. The number of alkyl carbamates (subject to hydrolysis) is 1. The van der Waals surface area contributed by atoms with Crippen LogP contribution in [0, 0.1) is 6.92 Å². The van der Waals surface area contributed by atoms with E-state index in [-0.39, 0.29) is 37.2 Å². The molecule has 1 aromatic rings. The van der Waals surface area contributed by atoms with Gasteiger partial charge >= 0.3 is 12.1 Å². The van der Waals surface area contributed by atoms with E-state index in [0.29, 0.717) is 30.1 Å². The fraction of sp³-hybridized carbons (Fsp3) is 0.348. The number of carbonyl (C=O) groups excluding carboxylic acids is 4. The SMILES string of the molecule is C=CCOC(=O)N[C@@H]1C(=O)N2C(C(=O)OCC=C)=C(/C=C3\CCN(c4cc(C)on4)C3=O)OC[C@H]12. The van der Waals surface area contributed by atoms with Gasteiger partial charge in [0.15, 0.2) is 17.3 Å². The van der Waals surface area contributed by atoms with Crippen LogP contribution in [0.2, 0.25) is 0 Å². The minimum atomic E-state index is -0.942. The number of aryl methyl sites for hydroxylation is 1. The summed E-state index contributed by atoms with van der Waals surface area (Å²) in [7, 11) is 0. The van der Waals surface area contributed by atoms with Gasteiger partial charge in [0.1, 0.15) is 37.7 Å². The van der Waals surface area contributed by atoms with Crippen LogP contribution in [-0.4, -0.2) is 72.4 Å². The number of β-lactam (4-membered cyclic amide) rings is 1. The Morgan fingerprint density at radius 2 is 2.00 bits per heavy atom. The molecule has 0 bridgehead atoms. The molecular weight excluding hydrogens is 460 g/mol. The monoisotopic (exact) mass is 484 g/mol. The number of fused-ring (bicyclic) bond motifs is 1. The molecular formula is C23H24N4O8. The van der Waals surface area contributed by atoms with E-state index in [2.05, 4.69) is 23.6 Å². The number of ether oxygens (including phenoxy) is 3. The molecule has 184 valence electrons. The van der Waals surface area contributed by atoms with Crippen LogP contribution in [0.3, 0.4) is 0 Å². The summed E-state index contributed by atoms with van der Waals surface area (Å²) < 4.78 is 20.9. The maximum absolute atomic E-state index is 12.9. The first kappa shape index (κ1) is 23.8. The standard InChI is InChI=1S/C23H24N4O8/c1-4-8-32-22(30)19-16(11-14-6-7-26(20(14)28)17-10-13(3)35-25-17)34-12-15-18(21(29)27(15)19)24-23(31)33-9-5-2/h4-5,10-11,15,18H,1-2,6-9,12H2,3H3,(H,24,31)/b14-11+/t15-,18+/m1/s1. The highest BCUT2D eigenvalue weighted by atomic mass is 16.6. The molecule has 1 aromatic heterocycles. The average Bonchev–Trinajstić information content (AvgIpc) is 3.44. The second-order valence-electron chi connectivity index (χ2n) is 7.87. The predicted molar refractivity (Wildman–Crippen MR) is 120 cm³/mol. The molecule has 2 fully saturated rings. The number of amides is 3. The van der Waals surface area contributed by atoms with Gasteiger partial charge < -0.3 is 24.1 Å². The summed E-state index contributed by atoms with van der Waals surface area (Å²) in [6, 6.07) is 0.0510. The van der Waals surface area contributed by atoms with Crippen LogP contribution in [0.25, 0.3) is 0 Å². The van der Waals surface area contributed by atoms with Gasteiger partial charge in [-0.2, -0.15) is 0 Å². The Balaban J connectivity index is 1.59. The Bertz CT molecular complexity index is 1150. The normalized spacial score (nSPS) is 22.4. The third kappa shape index (κ3) is 4.54. The van der Waals surface area contributed by atoms with Crippen LogP contribution in [0.5, 0.6) is 0 Å². The Morgan fingerprint density at radius 3 is 2.69 bits per heavy atom. The van der Waals surface area contributed by atoms with Crippen molar-refractivity contribution in [1.82, 2.24) is 15.4 Å². The lowest BCUT2D eigenvalue weighted by Gasteiger charge is -2.49. The fourth-order valence-electron chi connectivity index (χ4n) is 3.93. The summed E-state index contributed by atoms with van der Waals surface area (Å²) in [6.07, 6.45) is 3.78. The number of carbonyl (C=O) groups is 4. The summed E-state index contributed by atoms with van der Waals surface area (Å²) in [5.74, 6) is -0.706. The molecule has 12 heteroatoms. The minimum Gasteiger partial charge on any atom is -0.489 e. The summed E-state index contributed by atoms with van der Waals surface area (Å²) in [4.78, 5) is 53.2. The molecule has 0 radical (unpaired) electrons. The highest BCUT2D eigenvalue weighted by molar-refractivity contribution is 6.08. The van der Waals surface area contributed by atoms with Gasteiger partial charge in [0.2, 0.25) is 0 Å². The van der Waals surface area contributed by atoms with E-state index >= 15 is 0 Å². The van der Waals surface area contributed by atoms with E-state index in [1.54, 1.807) is 13.0 Å². The molecule has 4 heterocycles. The third-order valence-electron chi connectivity index (χ3n) is 5.56. The van der Waals surface area contributed by atoms with Crippen LogP contribution < -0.4 is 10.2 Å². The van der Waals surface area contributed by atoms with Gasteiger partial charge in [0, 0.05) is 18.2 Å². The molecule has 2 atom stereocenters. The zero-order valence-electron chi connectivity index (χ0n) is 19.0. The quantitative estimate of drug-likeness (QED) is 0.249. The van der Waals surface area contributed by atoms with Crippen LogP contribution in [0.1, 0.15) is 12.2 Å². The lowest BCUT2D eigenvalue weighted by Crippen LogP contribution is -2.73.